The van der Waals surface area contributed by atoms with Gasteiger partial charge in [-0.05, 0) is 30.4 Å². The Balaban J connectivity index is 2.30. The highest BCUT2D eigenvalue weighted by Gasteiger charge is 2.07. The quantitative estimate of drug-likeness (QED) is 0.762. The molecule has 0 aromatic heterocycles. The lowest BCUT2D eigenvalue weighted by atomic mass is 10.2. The minimum Gasteiger partial charge on any atom is -0.396 e. The maximum absolute atomic E-state index is 11.7. The molecule has 0 aliphatic rings. The summed E-state index contributed by atoms with van der Waals surface area (Å²) < 4.78 is 0. The molecule has 2 N–H and O–H groups in total. The lowest BCUT2D eigenvalue weighted by Crippen LogP contribution is -2.25. The highest BCUT2D eigenvalue weighted by Crippen LogP contribution is 2.22. The number of thioether (sulfide) groups is 1. The number of amides is 1. The summed E-state index contributed by atoms with van der Waals surface area (Å²) in [5.41, 5.74) is 0.504. The summed E-state index contributed by atoms with van der Waals surface area (Å²) in [6, 6.07) is 4.80. The van der Waals surface area contributed by atoms with Gasteiger partial charge in [0.1, 0.15) is 0 Å². The first-order chi connectivity index (χ1) is 8.65. The number of aliphatic hydroxyl groups is 1. The van der Waals surface area contributed by atoms with Gasteiger partial charge in [-0.15, -0.1) is 0 Å². The Hall–Kier alpha value is -0.420. The van der Waals surface area contributed by atoms with Crippen molar-refractivity contribution >= 4 is 40.9 Å². The molecule has 0 unspecified atom stereocenters. The normalized spacial score (nSPS) is 10.4. The summed E-state index contributed by atoms with van der Waals surface area (Å²) in [5.74, 6) is 1.57. The van der Waals surface area contributed by atoms with E-state index in [1.54, 1.807) is 30.0 Å². The molecule has 1 aromatic rings. The van der Waals surface area contributed by atoms with Crippen molar-refractivity contribution in [2.75, 3.05) is 24.7 Å². The van der Waals surface area contributed by atoms with Crippen LogP contribution in [0.1, 0.15) is 16.8 Å². The fourth-order valence-corrected chi connectivity index (χ4v) is 2.33. The van der Waals surface area contributed by atoms with Crippen LogP contribution in [0.4, 0.5) is 0 Å². The van der Waals surface area contributed by atoms with Gasteiger partial charge in [0.15, 0.2) is 0 Å². The van der Waals surface area contributed by atoms with Crippen LogP contribution >= 0.6 is 35.0 Å². The molecule has 6 heteroatoms. The van der Waals surface area contributed by atoms with Crippen molar-refractivity contribution in [3.63, 3.8) is 0 Å². The van der Waals surface area contributed by atoms with Gasteiger partial charge in [-0.1, -0.05) is 23.2 Å². The van der Waals surface area contributed by atoms with Gasteiger partial charge in [-0.2, -0.15) is 11.8 Å². The first-order valence-corrected chi connectivity index (χ1v) is 7.48. The smallest absolute Gasteiger partial charge is 0.251 e. The topological polar surface area (TPSA) is 49.3 Å². The summed E-state index contributed by atoms with van der Waals surface area (Å²) >= 11 is 13.3. The van der Waals surface area contributed by atoms with E-state index in [1.807, 2.05) is 0 Å². The van der Waals surface area contributed by atoms with Crippen LogP contribution in [-0.2, 0) is 0 Å². The molecule has 100 valence electrons. The molecule has 1 amide bonds. The molecule has 0 atom stereocenters. The average molecular weight is 308 g/mol. The molecule has 1 rings (SSSR count). The maximum Gasteiger partial charge on any atom is 0.251 e. The van der Waals surface area contributed by atoms with Crippen LogP contribution in [0.3, 0.4) is 0 Å². The zero-order chi connectivity index (χ0) is 13.4. The van der Waals surface area contributed by atoms with Crippen molar-refractivity contribution in [3.8, 4) is 0 Å². The molecule has 0 heterocycles. The molecule has 0 saturated heterocycles. The van der Waals surface area contributed by atoms with Crippen molar-refractivity contribution in [3.05, 3.63) is 33.8 Å². The lowest BCUT2D eigenvalue weighted by molar-refractivity contribution is 0.0956. The monoisotopic (exact) mass is 307 g/mol. The highest BCUT2D eigenvalue weighted by atomic mass is 35.5. The van der Waals surface area contributed by atoms with E-state index in [-0.39, 0.29) is 12.5 Å². The Kier molecular flexibility index (Phi) is 7.51. The Labute approximate surface area is 121 Å². The molecular weight excluding hydrogens is 293 g/mol. The van der Waals surface area contributed by atoms with E-state index in [1.165, 1.54) is 0 Å². The molecule has 1 aromatic carbocycles. The van der Waals surface area contributed by atoms with Gasteiger partial charge in [0.2, 0.25) is 0 Å². The number of benzene rings is 1. The maximum atomic E-state index is 11.7. The molecule has 0 fully saturated rings. The standard InChI is InChI=1S/C12H15Cl2NO2S/c13-10-3-2-9(8-11(10)14)12(17)15-4-7-18-6-1-5-16/h2-3,8,16H,1,4-7H2,(H,15,17). The SMILES string of the molecule is O=C(NCCSCCCO)c1ccc(Cl)c(Cl)c1. The summed E-state index contributed by atoms with van der Waals surface area (Å²) in [7, 11) is 0. The zero-order valence-corrected chi connectivity index (χ0v) is 12.1. The number of nitrogens with one attached hydrogen (secondary N) is 1. The van der Waals surface area contributed by atoms with Crippen molar-refractivity contribution < 1.29 is 9.90 Å². The third kappa shape index (κ3) is 5.48. The number of hydrogen-bond acceptors (Lipinski definition) is 3. The molecule has 0 radical (unpaired) electrons. The van der Waals surface area contributed by atoms with Gasteiger partial charge >= 0.3 is 0 Å². The van der Waals surface area contributed by atoms with E-state index in [4.69, 9.17) is 28.3 Å². The van der Waals surface area contributed by atoms with Gasteiger partial charge in [-0.3, -0.25) is 4.79 Å². The van der Waals surface area contributed by atoms with Gasteiger partial charge in [0.25, 0.3) is 5.91 Å². The largest absolute Gasteiger partial charge is 0.396 e. The Morgan fingerprint density at radius 2 is 2.06 bits per heavy atom. The fraction of sp³-hybridized carbons (Fsp3) is 0.417. The molecule has 0 aliphatic carbocycles. The molecule has 0 saturated carbocycles. The second-order valence-electron chi connectivity index (χ2n) is 3.57. The van der Waals surface area contributed by atoms with E-state index >= 15 is 0 Å². The average Bonchev–Trinajstić information content (AvgIpc) is 2.36. The number of carbonyl (C=O) groups excluding carboxylic acids is 1. The van der Waals surface area contributed by atoms with E-state index in [2.05, 4.69) is 5.32 Å². The van der Waals surface area contributed by atoms with E-state index < -0.39 is 0 Å². The molecular formula is C12H15Cl2NO2S. The van der Waals surface area contributed by atoms with Crippen molar-refractivity contribution in [1.29, 1.82) is 0 Å². The third-order valence-corrected chi connectivity index (χ3v) is 3.97. The van der Waals surface area contributed by atoms with E-state index in [9.17, 15) is 4.79 Å². The van der Waals surface area contributed by atoms with Crippen LogP contribution in [-0.4, -0.2) is 35.7 Å². The summed E-state index contributed by atoms with van der Waals surface area (Å²) in [5, 5.41) is 12.2. The zero-order valence-electron chi connectivity index (χ0n) is 9.79. The first kappa shape index (κ1) is 15.6. The van der Waals surface area contributed by atoms with Crippen LogP contribution in [0.15, 0.2) is 18.2 Å². The van der Waals surface area contributed by atoms with Crippen LogP contribution in [0.5, 0.6) is 0 Å². The lowest BCUT2D eigenvalue weighted by Gasteiger charge is -2.06. The van der Waals surface area contributed by atoms with E-state index in [0.29, 0.717) is 22.2 Å². The molecule has 0 spiro atoms. The van der Waals surface area contributed by atoms with Crippen LogP contribution in [0.2, 0.25) is 10.0 Å². The van der Waals surface area contributed by atoms with Crippen molar-refractivity contribution in [2.45, 2.75) is 6.42 Å². The minimum absolute atomic E-state index is 0.156. The second-order valence-corrected chi connectivity index (χ2v) is 5.61. The van der Waals surface area contributed by atoms with Crippen molar-refractivity contribution in [1.82, 2.24) is 5.32 Å². The van der Waals surface area contributed by atoms with Gasteiger partial charge in [0.05, 0.1) is 10.0 Å². The predicted octanol–water partition coefficient (Wildman–Crippen LogP) is 2.84. The first-order valence-electron chi connectivity index (χ1n) is 5.57. The number of halogens is 2. The van der Waals surface area contributed by atoms with Gasteiger partial charge < -0.3 is 10.4 Å². The molecule has 0 bridgehead atoms. The van der Waals surface area contributed by atoms with Crippen LogP contribution in [0.25, 0.3) is 0 Å². The number of rotatable bonds is 7. The second kappa shape index (κ2) is 8.64. The molecule has 0 aliphatic heterocycles. The minimum atomic E-state index is -0.156. The number of aliphatic hydroxyl groups excluding tert-OH is 1. The van der Waals surface area contributed by atoms with E-state index in [0.717, 1.165) is 17.9 Å². The Bertz CT molecular complexity index is 402. The molecule has 18 heavy (non-hydrogen) atoms. The Morgan fingerprint density at radius 1 is 1.28 bits per heavy atom. The van der Waals surface area contributed by atoms with Crippen LogP contribution in [0, 0.1) is 0 Å². The fourth-order valence-electron chi connectivity index (χ4n) is 1.24. The highest BCUT2D eigenvalue weighted by molar-refractivity contribution is 7.99. The number of hydrogen-bond donors (Lipinski definition) is 2. The van der Waals surface area contributed by atoms with Gasteiger partial charge in [-0.25, -0.2) is 0 Å². The third-order valence-electron chi connectivity index (χ3n) is 2.16. The summed E-state index contributed by atoms with van der Waals surface area (Å²) in [6.45, 7) is 0.803. The molecule has 3 nitrogen and oxygen atoms in total. The van der Waals surface area contributed by atoms with Crippen molar-refractivity contribution in [2.24, 2.45) is 0 Å². The van der Waals surface area contributed by atoms with Crippen LogP contribution < -0.4 is 5.32 Å². The summed E-state index contributed by atoms with van der Waals surface area (Å²) in [4.78, 5) is 11.7. The van der Waals surface area contributed by atoms with Gasteiger partial charge in [0, 0.05) is 24.5 Å². The Morgan fingerprint density at radius 3 is 2.72 bits per heavy atom. The summed E-state index contributed by atoms with van der Waals surface area (Å²) in [6.07, 6.45) is 0.783. The number of carbonyl (C=O) groups is 1. The predicted molar refractivity (Wildman–Crippen MR) is 77.8 cm³/mol.